The minimum Gasteiger partial charge on any atom is -0.506 e. The number of carbonyl (C=O) groups is 1. The molecule has 0 radical (unpaired) electrons. The number of carbonyl (C=O) groups excluding carboxylic acids is 1. The highest BCUT2D eigenvalue weighted by atomic mass is 32.1. The van der Waals surface area contributed by atoms with Gasteiger partial charge in [0.15, 0.2) is 0 Å². The topological polar surface area (TPSA) is 104 Å². The summed E-state index contributed by atoms with van der Waals surface area (Å²) in [6.45, 7) is 1.29. The number of nitrogens with one attached hydrogen (secondary N) is 2. The summed E-state index contributed by atoms with van der Waals surface area (Å²) in [6, 6.07) is 6.57. The number of amides is 1. The largest absolute Gasteiger partial charge is 0.506 e. The van der Waals surface area contributed by atoms with Crippen molar-refractivity contribution in [3.8, 4) is 5.75 Å². The van der Waals surface area contributed by atoms with E-state index in [0.717, 1.165) is 6.21 Å². The van der Waals surface area contributed by atoms with Crippen LogP contribution in [0.5, 0.6) is 5.75 Å². The summed E-state index contributed by atoms with van der Waals surface area (Å²) >= 11 is 4.82. The summed E-state index contributed by atoms with van der Waals surface area (Å²) in [5.74, 6) is -0.589. The fourth-order valence-electron chi connectivity index (χ4n) is 1.56. The van der Waals surface area contributed by atoms with Crippen LogP contribution in [0.4, 0.5) is 0 Å². The molecule has 0 spiro atoms. The lowest BCUT2D eigenvalue weighted by Crippen LogP contribution is -2.38. The molecule has 0 fully saturated rings. The Kier molecular flexibility index (Phi) is 4.29. The van der Waals surface area contributed by atoms with Crippen LogP contribution in [-0.4, -0.2) is 22.3 Å². The Labute approximate surface area is 124 Å². The summed E-state index contributed by atoms with van der Waals surface area (Å²) in [7, 11) is 0. The molecule has 0 aliphatic carbocycles. The van der Waals surface area contributed by atoms with Crippen molar-refractivity contribution in [2.75, 3.05) is 0 Å². The molecule has 1 amide bonds. The first-order valence-corrected chi connectivity index (χ1v) is 6.25. The molecule has 7 nitrogen and oxygen atoms in total. The van der Waals surface area contributed by atoms with Crippen LogP contribution in [0.2, 0.25) is 0 Å². The van der Waals surface area contributed by atoms with Gasteiger partial charge in [-0.05, 0) is 24.4 Å². The highest BCUT2D eigenvalue weighted by molar-refractivity contribution is 7.80. The van der Waals surface area contributed by atoms with E-state index in [1.807, 2.05) is 0 Å². The molecular weight excluding hydrogens is 294 g/mol. The number of aliphatic imine (C=N–C) groups is 1. The highest BCUT2D eigenvalue weighted by Gasteiger charge is 2.11. The van der Waals surface area contributed by atoms with Gasteiger partial charge in [-0.3, -0.25) is 15.6 Å². The van der Waals surface area contributed by atoms with Crippen LogP contribution in [0.1, 0.15) is 12.5 Å². The second kappa shape index (κ2) is 6.14. The zero-order valence-electron chi connectivity index (χ0n) is 10.9. The SMILES string of the molecule is CC(=O)NNC(=S)N=Cc1c(O)c2ccccc2oc1=O. The molecule has 2 aromatic rings. The third-order valence-corrected chi connectivity index (χ3v) is 2.68. The van der Waals surface area contributed by atoms with E-state index in [4.69, 9.17) is 16.6 Å². The monoisotopic (exact) mass is 305 g/mol. The number of benzene rings is 1. The minimum atomic E-state index is -0.739. The molecule has 0 bridgehead atoms. The Balaban J connectivity index is 2.32. The van der Waals surface area contributed by atoms with Crippen molar-refractivity contribution in [3.05, 3.63) is 40.2 Å². The number of thiocarbonyl (C=S) groups is 1. The fraction of sp³-hybridized carbons (Fsp3) is 0.0769. The predicted molar refractivity (Wildman–Crippen MR) is 81.3 cm³/mol. The van der Waals surface area contributed by atoms with Crippen molar-refractivity contribution in [1.82, 2.24) is 10.9 Å². The third kappa shape index (κ3) is 3.42. The molecule has 3 N–H and O–H groups in total. The fourth-order valence-corrected chi connectivity index (χ4v) is 1.66. The molecule has 0 unspecified atom stereocenters. The van der Waals surface area contributed by atoms with Gasteiger partial charge in [0.05, 0.1) is 5.39 Å². The first-order chi connectivity index (χ1) is 9.99. The van der Waals surface area contributed by atoms with Gasteiger partial charge in [0.2, 0.25) is 11.0 Å². The van der Waals surface area contributed by atoms with E-state index in [1.54, 1.807) is 24.3 Å². The van der Waals surface area contributed by atoms with Crippen LogP contribution in [0.15, 0.2) is 38.5 Å². The standard InChI is InChI=1S/C13H11N3O4S/c1-7(17)15-16-13(21)14-6-9-11(18)8-4-2-3-5-10(8)20-12(9)19/h2-6,18H,1H3,(H,15,17)(H,16,21). The minimum absolute atomic E-state index is 0.0721. The Morgan fingerprint density at radius 2 is 2.10 bits per heavy atom. The summed E-state index contributed by atoms with van der Waals surface area (Å²) in [5.41, 5.74) is 3.99. The average molecular weight is 305 g/mol. The van der Waals surface area contributed by atoms with Gasteiger partial charge in [-0.2, -0.15) is 0 Å². The molecule has 0 aliphatic rings. The number of hydrazine groups is 1. The van der Waals surface area contributed by atoms with Crippen LogP contribution < -0.4 is 16.5 Å². The van der Waals surface area contributed by atoms with E-state index in [2.05, 4.69) is 15.8 Å². The highest BCUT2D eigenvalue weighted by Crippen LogP contribution is 2.24. The molecule has 1 aromatic carbocycles. The zero-order valence-corrected chi connectivity index (χ0v) is 11.7. The van der Waals surface area contributed by atoms with E-state index in [0.29, 0.717) is 5.39 Å². The Morgan fingerprint density at radius 1 is 1.38 bits per heavy atom. The van der Waals surface area contributed by atoms with E-state index < -0.39 is 5.63 Å². The van der Waals surface area contributed by atoms with Gasteiger partial charge >= 0.3 is 5.63 Å². The number of fused-ring (bicyclic) bond motifs is 1. The van der Waals surface area contributed by atoms with E-state index >= 15 is 0 Å². The number of hydrogen-bond donors (Lipinski definition) is 3. The van der Waals surface area contributed by atoms with Gasteiger partial charge in [-0.1, -0.05) is 12.1 Å². The first kappa shape index (κ1) is 14.7. The molecule has 21 heavy (non-hydrogen) atoms. The molecule has 108 valence electrons. The third-order valence-electron chi connectivity index (χ3n) is 2.48. The second-order valence-corrected chi connectivity index (χ2v) is 4.40. The maximum atomic E-state index is 11.8. The van der Waals surface area contributed by atoms with Gasteiger partial charge in [0.1, 0.15) is 16.9 Å². The van der Waals surface area contributed by atoms with Crippen LogP contribution in [-0.2, 0) is 4.79 Å². The van der Waals surface area contributed by atoms with Gasteiger partial charge in [0, 0.05) is 13.1 Å². The molecule has 8 heteroatoms. The van der Waals surface area contributed by atoms with Crippen molar-refractivity contribution in [2.45, 2.75) is 6.92 Å². The lowest BCUT2D eigenvalue weighted by Gasteiger charge is -2.04. The quantitative estimate of drug-likeness (QED) is 0.312. The van der Waals surface area contributed by atoms with E-state index in [-0.39, 0.29) is 27.9 Å². The molecule has 0 saturated carbocycles. The summed E-state index contributed by atoms with van der Waals surface area (Å²) < 4.78 is 5.06. The van der Waals surface area contributed by atoms with Crippen LogP contribution in [0, 0.1) is 0 Å². The lowest BCUT2D eigenvalue weighted by atomic mass is 10.1. The molecule has 1 heterocycles. The maximum absolute atomic E-state index is 11.8. The first-order valence-electron chi connectivity index (χ1n) is 5.84. The Morgan fingerprint density at radius 3 is 2.81 bits per heavy atom. The smallest absolute Gasteiger partial charge is 0.348 e. The van der Waals surface area contributed by atoms with Crippen molar-refractivity contribution >= 4 is 40.4 Å². The summed E-state index contributed by atoms with van der Waals surface area (Å²) in [4.78, 5) is 26.2. The molecule has 0 saturated heterocycles. The Bertz CT molecular complexity index is 798. The van der Waals surface area contributed by atoms with E-state index in [1.165, 1.54) is 6.92 Å². The Hall–Kier alpha value is -2.74. The van der Waals surface area contributed by atoms with Gasteiger partial charge < -0.3 is 9.52 Å². The van der Waals surface area contributed by atoms with Crippen LogP contribution in [0.3, 0.4) is 0 Å². The molecular formula is C13H11N3O4S. The summed E-state index contributed by atoms with van der Waals surface area (Å²) in [5, 5.41) is 10.4. The van der Waals surface area contributed by atoms with Gasteiger partial charge in [0.25, 0.3) is 0 Å². The number of rotatable bonds is 1. The summed E-state index contributed by atoms with van der Waals surface area (Å²) in [6.07, 6.45) is 1.07. The van der Waals surface area contributed by atoms with Crippen molar-refractivity contribution in [2.24, 2.45) is 4.99 Å². The molecule has 1 aromatic heterocycles. The predicted octanol–water partition coefficient (Wildman–Crippen LogP) is 0.843. The van der Waals surface area contributed by atoms with Crippen molar-refractivity contribution in [3.63, 3.8) is 0 Å². The number of hydrogen-bond acceptors (Lipinski definition) is 5. The second-order valence-electron chi connectivity index (χ2n) is 4.02. The lowest BCUT2D eigenvalue weighted by molar-refractivity contribution is -0.119. The molecule has 0 atom stereocenters. The normalized spacial score (nSPS) is 10.7. The molecule has 2 rings (SSSR count). The van der Waals surface area contributed by atoms with Gasteiger partial charge in [-0.25, -0.2) is 9.79 Å². The van der Waals surface area contributed by atoms with Crippen molar-refractivity contribution < 1.29 is 14.3 Å². The van der Waals surface area contributed by atoms with Crippen LogP contribution >= 0.6 is 12.2 Å². The zero-order chi connectivity index (χ0) is 15.4. The number of nitrogens with zero attached hydrogens (tertiary/aromatic N) is 1. The van der Waals surface area contributed by atoms with Gasteiger partial charge in [-0.15, -0.1) is 0 Å². The van der Waals surface area contributed by atoms with Crippen LogP contribution in [0.25, 0.3) is 11.0 Å². The van der Waals surface area contributed by atoms with E-state index in [9.17, 15) is 14.7 Å². The molecule has 0 aliphatic heterocycles. The average Bonchev–Trinajstić information content (AvgIpc) is 2.45. The maximum Gasteiger partial charge on any atom is 0.348 e. The number of para-hydroxylation sites is 1. The van der Waals surface area contributed by atoms with Crippen molar-refractivity contribution in [1.29, 1.82) is 0 Å². The number of aromatic hydroxyl groups is 1.